The van der Waals surface area contributed by atoms with Gasteiger partial charge in [0.2, 0.25) is 0 Å². The Balaban J connectivity index is 2.51. The Kier molecular flexibility index (Phi) is 5.66. The lowest BCUT2D eigenvalue weighted by Gasteiger charge is -2.16. The van der Waals surface area contributed by atoms with Crippen molar-refractivity contribution in [3.05, 3.63) is 35.9 Å². The number of esters is 1. The summed E-state index contributed by atoms with van der Waals surface area (Å²) in [5.74, 6) is -0.783. The largest absolute Gasteiger partial charge is 0.464 e. The molecule has 1 rings (SSSR count). The first-order valence-electron chi connectivity index (χ1n) is 5.74. The molecule has 0 radical (unpaired) electrons. The molecule has 0 saturated carbocycles. The summed E-state index contributed by atoms with van der Waals surface area (Å²) in [6.07, 6.45) is -1.12. The Morgan fingerprint density at radius 1 is 1.29 bits per heavy atom. The molecule has 94 valence electrons. The normalized spacial score (nSPS) is 14.1. The third-order valence-corrected chi connectivity index (χ3v) is 2.42. The van der Waals surface area contributed by atoms with Gasteiger partial charge in [0, 0.05) is 0 Å². The van der Waals surface area contributed by atoms with Gasteiger partial charge < -0.3 is 14.9 Å². The fourth-order valence-electron chi connectivity index (χ4n) is 1.36. The second-order valence-electron chi connectivity index (χ2n) is 3.82. The van der Waals surface area contributed by atoms with E-state index < -0.39 is 18.2 Å². The molecule has 2 N–H and O–H groups in total. The van der Waals surface area contributed by atoms with Crippen LogP contribution in [0, 0.1) is 0 Å². The summed E-state index contributed by atoms with van der Waals surface area (Å²) in [7, 11) is 0. The van der Waals surface area contributed by atoms with Crippen LogP contribution >= 0.6 is 0 Å². The molecule has 0 amide bonds. The quantitative estimate of drug-likeness (QED) is 0.581. The van der Waals surface area contributed by atoms with E-state index in [1.54, 1.807) is 30.3 Å². The van der Waals surface area contributed by atoms with Gasteiger partial charge in [-0.05, 0) is 12.0 Å². The topological polar surface area (TPSA) is 66.8 Å². The van der Waals surface area contributed by atoms with Crippen LogP contribution in [0.2, 0.25) is 0 Å². The molecular weight excluding hydrogens is 220 g/mol. The molecule has 17 heavy (non-hydrogen) atoms. The number of carbonyl (C=O) groups excluding carboxylic acids is 1. The summed E-state index contributed by atoms with van der Waals surface area (Å²) < 4.78 is 4.84. The van der Waals surface area contributed by atoms with Crippen LogP contribution in [0.1, 0.15) is 31.4 Å². The standard InChI is InChI=1S/C13H18O4/c1-2-3-9-17-13(16)12(15)11(14)10-7-5-4-6-8-10/h4-8,11-12,14-15H,2-3,9H2,1H3/t11-,12+/m1/s1. The predicted octanol–water partition coefficient (Wildman–Crippen LogP) is 1.42. The molecule has 0 aliphatic carbocycles. The van der Waals surface area contributed by atoms with Crippen LogP contribution in [0.4, 0.5) is 0 Å². The molecule has 1 aromatic rings. The van der Waals surface area contributed by atoms with Crippen LogP contribution in [0.25, 0.3) is 0 Å². The van der Waals surface area contributed by atoms with Crippen LogP contribution in [0.15, 0.2) is 30.3 Å². The molecule has 0 aliphatic heterocycles. The van der Waals surface area contributed by atoms with Gasteiger partial charge in [-0.1, -0.05) is 43.7 Å². The number of aliphatic hydroxyl groups is 2. The minimum absolute atomic E-state index is 0.272. The van der Waals surface area contributed by atoms with Crippen LogP contribution in [-0.4, -0.2) is 28.9 Å². The minimum atomic E-state index is -1.53. The Labute approximate surface area is 101 Å². The van der Waals surface area contributed by atoms with Crippen molar-refractivity contribution in [3.8, 4) is 0 Å². The van der Waals surface area contributed by atoms with E-state index in [1.807, 2.05) is 6.92 Å². The van der Waals surface area contributed by atoms with Crippen molar-refractivity contribution >= 4 is 5.97 Å². The Morgan fingerprint density at radius 2 is 1.94 bits per heavy atom. The summed E-state index contributed by atoms with van der Waals surface area (Å²) in [5.41, 5.74) is 0.493. The zero-order valence-corrected chi connectivity index (χ0v) is 9.87. The number of hydrogen-bond acceptors (Lipinski definition) is 4. The van der Waals surface area contributed by atoms with Crippen LogP contribution < -0.4 is 0 Å². The fourth-order valence-corrected chi connectivity index (χ4v) is 1.36. The van der Waals surface area contributed by atoms with Crippen LogP contribution in [0.5, 0.6) is 0 Å². The molecule has 0 aliphatic rings. The summed E-state index contributed by atoms with van der Waals surface area (Å²) in [6, 6.07) is 8.55. The van der Waals surface area contributed by atoms with Crippen molar-refractivity contribution in [2.45, 2.75) is 32.0 Å². The van der Waals surface area contributed by atoms with Crippen LogP contribution in [-0.2, 0) is 9.53 Å². The summed E-state index contributed by atoms with van der Waals surface area (Å²) in [5, 5.41) is 19.4. The molecule has 0 saturated heterocycles. The van der Waals surface area contributed by atoms with Crippen molar-refractivity contribution in [1.82, 2.24) is 0 Å². The van der Waals surface area contributed by atoms with E-state index in [1.165, 1.54) is 0 Å². The monoisotopic (exact) mass is 238 g/mol. The molecule has 0 aromatic heterocycles. The lowest BCUT2D eigenvalue weighted by atomic mass is 10.0. The lowest BCUT2D eigenvalue weighted by molar-refractivity contribution is -0.160. The van der Waals surface area contributed by atoms with Gasteiger partial charge in [-0.3, -0.25) is 0 Å². The number of carbonyl (C=O) groups is 1. The van der Waals surface area contributed by atoms with Gasteiger partial charge in [0.25, 0.3) is 0 Å². The van der Waals surface area contributed by atoms with Crippen LogP contribution in [0.3, 0.4) is 0 Å². The number of benzene rings is 1. The Hall–Kier alpha value is -1.39. The maximum Gasteiger partial charge on any atom is 0.338 e. The van der Waals surface area contributed by atoms with E-state index in [2.05, 4.69) is 0 Å². The average Bonchev–Trinajstić information content (AvgIpc) is 2.38. The van der Waals surface area contributed by atoms with E-state index in [-0.39, 0.29) is 6.61 Å². The second-order valence-corrected chi connectivity index (χ2v) is 3.82. The summed E-state index contributed by atoms with van der Waals surface area (Å²) in [4.78, 5) is 11.4. The number of ether oxygens (including phenoxy) is 1. The molecule has 1 aromatic carbocycles. The Morgan fingerprint density at radius 3 is 2.53 bits per heavy atom. The van der Waals surface area contributed by atoms with Gasteiger partial charge in [-0.15, -0.1) is 0 Å². The van der Waals surface area contributed by atoms with Gasteiger partial charge in [0.1, 0.15) is 6.10 Å². The van der Waals surface area contributed by atoms with Crippen molar-refractivity contribution < 1.29 is 19.7 Å². The summed E-state index contributed by atoms with van der Waals surface area (Å²) in [6.45, 7) is 2.25. The third-order valence-electron chi connectivity index (χ3n) is 2.42. The van der Waals surface area contributed by atoms with E-state index in [0.717, 1.165) is 12.8 Å². The van der Waals surface area contributed by atoms with Gasteiger partial charge in [0.15, 0.2) is 6.10 Å². The first kappa shape index (κ1) is 13.7. The molecule has 2 atom stereocenters. The highest BCUT2D eigenvalue weighted by molar-refractivity contribution is 5.75. The third kappa shape index (κ3) is 4.17. The van der Waals surface area contributed by atoms with E-state index in [0.29, 0.717) is 5.56 Å². The van der Waals surface area contributed by atoms with Gasteiger partial charge in [0.05, 0.1) is 6.61 Å². The summed E-state index contributed by atoms with van der Waals surface area (Å²) >= 11 is 0. The first-order chi connectivity index (χ1) is 8.16. The Bertz CT molecular complexity index is 337. The lowest BCUT2D eigenvalue weighted by Crippen LogP contribution is -2.30. The van der Waals surface area contributed by atoms with Gasteiger partial charge in [-0.2, -0.15) is 0 Å². The first-order valence-corrected chi connectivity index (χ1v) is 5.74. The number of unbranched alkanes of at least 4 members (excludes halogenated alkanes) is 1. The molecular formula is C13H18O4. The molecule has 4 nitrogen and oxygen atoms in total. The molecule has 0 unspecified atom stereocenters. The second kappa shape index (κ2) is 7.04. The zero-order valence-electron chi connectivity index (χ0n) is 9.87. The maximum absolute atomic E-state index is 11.4. The number of rotatable bonds is 6. The van der Waals surface area contributed by atoms with Crippen molar-refractivity contribution in [1.29, 1.82) is 0 Å². The van der Waals surface area contributed by atoms with Crippen molar-refractivity contribution in [3.63, 3.8) is 0 Å². The smallest absolute Gasteiger partial charge is 0.338 e. The van der Waals surface area contributed by atoms with Crippen molar-refractivity contribution in [2.24, 2.45) is 0 Å². The van der Waals surface area contributed by atoms with Gasteiger partial charge >= 0.3 is 5.97 Å². The molecule has 0 fully saturated rings. The van der Waals surface area contributed by atoms with E-state index in [9.17, 15) is 15.0 Å². The van der Waals surface area contributed by atoms with E-state index in [4.69, 9.17) is 4.74 Å². The highest BCUT2D eigenvalue weighted by Gasteiger charge is 2.26. The molecule has 0 bridgehead atoms. The van der Waals surface area contributed by atoms with Gasteiger partial charge in [-0.25, -0.2) is 4.79 Å². The minimum Gasteiger partial charge on any atom is -0.464 e. The zero-order chi connectivity index (χ0) is 12.7. The van der Waals surface area contributed by atoms with E-state index >= 15 is 0 Å². The number of hydrogen-bond donors (Lipinski definition) is 2. The molecule has 0 heterocycles. The predicted molar refractivity (Wildman–Crippen MR) is 63.3 cm³/mol. The highest BCUT2D eigenvalue weighted by Crippen LogP contribution is 2.17. The highest BCUT2D eigenvalue weighted by atomic mass is 16.5. The molecule has 0 spiro atoms. The SMILES string of the molecule is CCCCOC(=O)[C@@H](O)[C@H](O)c1ccccc1. The number of aliphatic hydroxyl groups excluding tert-OH is 2. The average molecular weight is 238 g/mol. The fraction of sp³-hybridized carbons (Fsp3) is 0.462. The maximum atomic E-state index is 11.4. The van der Waals surface area contributed by atoms with Crippen molar-refractivity contribution in [2.75, 3.05) is 6.61 Å². The molecule has 4 heteroatoms.